The summed E-state index contributed by atoms with van der Waals surface area (Å²) in [5.74, 6) is 0. The van der Waals surface area contributed by atoms with Gasteiger partial charge in [-0.15, -0.1) is 0 Å². The highest BCUT2D eigenvalue weighted by Crippen LogP contribution is 2.37. The molecule has 82 valence electrons. The molecule has 1 aliphatic heterocycles. The molecule has 1 saturated heterocycles. The SMILES string of the molecule is CC(C)(C)C1COC(=O)N1C(C)(C)I. The quantitative estimate of drug-likeness (QED) is 0.423. The first kappa shape index (κ1) is 12.1. The maximum absolute atomic E-state index is 11.6. The number of halogens is 1. The van der Waals surface area contributed by atoms with Crippen LogP contribution in [0.3, 0.4) is 0 Å². The van der Waals surface area contributed by atoms with Crippen LogP contribution in [0.25, 0.3) is 0 Å². The van der Waals surface area contributed by atoms with Gasteiger partial charge in [-0.1, -0.05) is 43.4 Å². The number of hydrogen-bond donors (Lipinski definition) is 0. The van der Waals surface area contributed by atoms with Crippen molar-refractivity contribution < 1.29 is 9.53 Å². The molecular formula is C10H18INO2. The monoisotopic (exact) mass is 311 g/mol. The molecule has 1 amide bonds. The molecule has 1 fully saturated rings. The molecule has 0 aromatic heterocycles. The molecule has 0 aromatic rings. The van der Waals surface area contributed by atoms with Crippen molar-refractivity contribution in [3.05, 3.63) is 0 Å². The lowest BCUT2D eigenvalue weighted by atomic mass is 9.86. The molecule has 4 heteroatoms. The molecule has 1 atom stereocenters. The zero-order chi connectivity index (χ0) is 11.1. The second-order valence-electron chi connectivity index (χ2n) is 5.24. The lowest BCUT2D eigenvalue weighted by molar-refractivity contribution is 0.124. The van der Waals surface area contributed by atoms with Crippen molar-refractivity contribution in [1.29, 1.82) is 0 Å². The first-order valence-corrected chi connectivity index (χ1v) is 5.87. The van der Waals surface area contributed by atoms with Crippen molar-refractivity contribution in [2.24, 2.45) is 5.41 Å². The fourth-order valence-electron chi connectivity index (χ4n) is 1.65. The van der Waals surface area contributed by atoms with E-state index in [1.165, 1.54) is 0 Å². The number of rotatable bonds is 1. The second-order valence-corrected chi connectivity index (χ2v) is 7.88. The first-order valence-electron chi connectivity index (χ1n) is 4.79. The number of hydrogen-bond acceptors (Lipinski definition) is 2. The van der Waals surface area contributed by atoms with Crippen molar-refractivity contribution in [3.63, 3.8) is 0 Å². The van der Waals surface area contributed by atoms with Gasteiger partial charge < -0.3 is 4.74 Å². The van der Waals surface area contributed by atoms with E-state index in [-0.39, 0.29) is 21.1 Å². The van der Waals surface area contributed by atoms with E-state index >= 15 is 0 Å². The Morgan fingerprint density at radius 3 is 2.14 bits per heavy atom. The number of nitrogens with zero attached hydrogens (tertiary/aromatic N) is 1. The molecule has 1 rings (SSSR count). The Balaban J connectivity index is 2.94. The van der Waals surface area contributed by atoms with Crippen LogP contribution in [0.2, 0.25) is 0 Å². The molecule has 0 N–H and O–H groups in total. The van der Waals surface area contributed by atoms with Gasteiger partial charge in [0.2, 0.25) is 0 Å². The van der Waals surface area contributed by atoms with Gasteiger partial charge in [-0.05, 0) is 19.3 Å². The zero-order valence-corrected chi connectivity index (χ0v) is 11.6. The van der Waals surface area contributed by atoms with E-state index in [9.17, 15) is 4.79 Å². The average molecular weight is 311 g/mol. The fraction of sp³-hybridized carbons (Fsp3) is 0.900. The van der Waals surface area contributed by atoms with Gasteiger partial charge >= 0.3 is 6.09 Å². The van der Waals surface area contributed by atoms with E-state index in [2.05, 4.69) is 43.4 Å². The van der Waals surface area contributed by atoms with Crippen molar-refractivity contribution >= 4 is 28.7 Å². The number of alkyl halides is 1. The van der Waals surface area contributed by atoms with Gasteiger partial charge in [-0.25, -0.2) is 4.79 Å². The number of amides is 1. The molecule has 0 spiro atoms. The number of carbonyl (C=O) groups is 1. The van der Waals surface area contributed by atoms with Crippen LogP contribution >= 0.6 is 22.6 Å². The summed E-state index contributed by atoms with van der Waals surface area (Å²) >= 11 is 2.27. The lowest BCUT2D eigenvalue weighted by Gasteiger charge is -2.39. The van der Waals surface area contributed by atoms with Crippen molar-refractivity contribution in [3.8, 4) is 0 Å². The van der Waals surface area contributed by atoms with Gasteiger partial charge in [0.1, 0.15) is 6.61 Å². The summed E-state index contributed by atoms with van der Waals surface area (Å²) in [7, 11) is 0. The predicted molar refractivity (Wildman–Crippen MR) is 64.5 cm³/mol. The second kappa shape index (κ2) is 3.54. The van der Waals surface area contributed by atoms with E-state index < -0.39 is 0 Å². The molecule has 0 bridgehead atoms. The minimum absolute atomic E-state index is 0.0641. The van der Waals surface area contributed by atoms with Crippen LogP contribution < -0.4 is 0 Å². The Morgan fingerprint density at radius 1 is 1.36 bits per heavy atom. The summed E-state index contributed by atoms with van der Waals surface area (Å²) in [5.41, 5.74) is 0.0641. The van der Waals surface area contributed by atoms with Crippen molar-refractivity contribution in [2.45, 2.75) is 44.2 Å². The highest BCUT2D eigenvalue weighted by molar-refractivity contribution is 14.1. The molecule has 3 nitrogen and oxygen atoms in total. The predicted octanol–water partition coefficient (Wildman–Crippen LogP) is 3.02. The third-order valence-electron chi connectivity index (χ3n) is 2.45. The molecule has 1 heterocycles. The van der Waals surface area contributed by atoms with Crippen molar-refractivity contribution in [2.75, 3.05) is 6.61 Å². The van der Waals surface area contributed by atoms with Crippen LogP contribution in [-0.2, 0) is 4.74 Å². The molecule has 1 aliphatic rings. The highest BCUT2D eigenvalue weighted by Gasteiger charge is 2.46. The van der Waals surface area contributed by atoms with Gasteiger partial charge in [0.05, 0.1) is 9.59 Å². The van der Waals surface area contributed by atoms with Gasteiger partial charge in [0.15, 0.2) is 0 Å². The fourth-order valence-corrected chi connectivity index (χ4v) is 2.18. The largest absolute Gasteiger partial charge is 0.447 e. The summed E-state index contributed by atoms with van der Waals surface area (Å²) < 4.78 is 4.92. The number of carbonyl (C=O) groups excluding carboxylic acids is 1. The van der Waals surface area contributed by atoms with Crippen LogP contribution in [0.15, 0.2) is 0 Å². The molecule has 0 aliphatic carbocycles. The van der Waals surface area contributed by atoms with Gasteiger partial charge in [-0.3, -0.25) is 4.90 Å². The smallest absolute Gasteiger partial charge is 0.411 e. The third-order valence-corrected chi connectivity index (χ3v) is 2.97. The van der Waals surface area contributed by atoms with E-state index in [1.54, 1.807) is 0 Å². The topological polar surface area (TPSA) is 29.5 Å². The maximum Gasteiger partial charge on any atom is 0.411 e. The molecule has 1 unspecified atom stereocenters. The number of ether oxygens (including phenoxy) is 1. The summed E-state index contributed by atoms with van der Waals surface area (Å²) in [6.45, 7) is 11.0. The highest BCUT2D eigenvalue weighted by atomic mass is 127. The maximum atomic E-state index is 11.6. The van der Waals surface area contributed by atoms with Crippen LogP contribution in [0, 0.1) is 5.41 Å². The van der Waals surface area contributed by atoms with Gasteiger partial charge in [-0.2, -0.15) is 0 Å². The normalized spacial score (nSPS) is 24.0. The standard InChI is InChI=1S/C10H18INO2/c1-9(2,3)7-6-14-8(13)12(7)10(4,5)11/h7H,6H2,1-5H3. The summed E-state index contributed by atoms with van der Waals surface area (Å²) in [6.07, 6.45) is -0.190. The molecule has 0 saturated carbocycles. The average Bonchev–Trinajstić information content (AvgIpc) is 2.27. The zero-order valence-electron chi connectivity index (χ0n) is 9.43. The van der Waals surface area contributed by atoms with Gasteiger partial charge in [0, 0.05) is 0 Å². The molecule has 0 aromatic carbocycles. The summed E-state index contributed by atoms with van der Waals surface area (Å²) in [4.78, 5) is 13.4. The Morgan fingerprint density at radius 2 is 1.86 bits per heavy atom. The van der Waals surface area contributed by atoms with Crippen LogP contribution in [0.1, 0.15) is 34.6 Å². The third kappa shape index (κ3) is 2.32. The summed E-state index contributed by atoms with van der Waals surface area (Å²) in [6, 6.07) is 0.168. The summed E-state index contributed by atoms with van der Waals surface area (Å²) in [5, 5.41) is 0. The van der Waals surface area contributed by atoms with Crippen LogP contribution in [0.4, 0.5) is 4.79 Å². The lowest BCUT2D eigenvalue weighted by Crippen LogP contribution is -2.50. The molecule has 14 heavy (non-hydrogen) atoms. The first-order chi connectivity index (χ1) is 6.14. The number of cyclic esters (lactones) is 1. The Labute approximate surface area is 99.3 Å². The van der Waals surface area contributed by atoms with E-state index in [0.29, 0.717) is 6.61 Å². The van der Waals surface area contributed by atoms with E-state index in [0.717, 1.165) is 0 Å². The molecule has 0 radical (unpaired) electrons. The Kier molecular flexibility index (Phi) is 3.05. The van der Waals surface area contributed by atoms with Gasteiger partial charge in [0.25, 0.3) is 0 Å². The molecular weight excluding hydrogens is 293 g/mol. The Bertz CT molecular complexity index is 239. The Hall–Kier alpha value is 0. The van der Waals surface area contributed by atoms with E-state index in [1.807, 2.05) is 18.7 Å². The van der Waals surface area contributed by atoms with Crippen molar-refractivity contribution in [1.82, 2.24) is 4.90 Å². The minimum atomic E-state index is -0.191. The van der Waals surface area contributed by atoms with Crippen LogP contribution in [-0.4, -0.2) is 27.2 Å². The van der Waals surface area contributed by atoms with Crippen LogP contribution in [0.5, 0.6) is 0 Å². The minimum Gasteiger partial charge on any atom is -0.447 e. The van der Waals surface area contributed by atoms with E-state index in [4.69, 9.17) is 4.74 Å².